The number of hydrogen-bond donors (Lipinski definition) is 3. The molecule has 3 rings (SSSR count). The molecule has 0 spiro atoms. The minimum Gasteiger partial charge on any atom is -0.381 e. The van der Waals surface area contributed by atoms with Gasteiger partial charge in [0.25, 0.3) is 0 Å². The van der Waals surface area contributed by atoms with Gasteiger partial charge in [0.05, 0.1) is 18.2 Å². The summed E-state index contributed by atoms with van der Waals surface area (Å²) in [5.74, 6) is -1.04. The molecule has 0 aromatic carbocycles. The number of nitrogens with zero attached hydrogens (tertiary/aromatic N) is 4. The molecular weight excluding hydrogens is 528 g/mol. The third kappa shape index (κ3) is 8.46. The van der Waals surface area contributed by atoms with E-state index >= 15 is 8.78 Å². The summed E-state index contributed by atoms with van der Waals surface area (Å²) in [4.78, 5) is 20.5. The number of piperazine rings is 1. The molecule has 3 aliphatic rings. The Kier molecular flexibility index (Phi) is 13.4. The maximum atomic E-state index is 15.5. The highest BCUT2D eigenvalue weighted by atomic mass is 19.1. The van der Waals surface area contributed by atoms with Gasteiger partial charge in [-0.3, -0.25) is 14.6 Å². The first kappa shape index (κ1) is 33.8. The minimum absolute atomic E-state index is 0.265. The molecule has 7 unspecified atom stereocenters. The Hall–Kier alpha value is -1.66. The topological polar surface area (TPSA) is 89.1 Å². The highest BCUT2D eigenvalue weighted by Crippen LogP contribution is 2.23. The Morgan fingerprint density at radius 3 is 2.44 bits per heavy atom. The lowest BCUT2D eigenvalue weighted by Crippen LogP contribution is -2.68. The lowest BCUT2D eigenvalue weighted by atomic mass is 9.92. The number of carbonyl (C=O) groups is 1. The zero-order valence-electron chi connectivity index (χ0n) is 26.0. The van der Waals surface area contributed by atoms with Crippen molar-refractivity contribution in [3.05, 3.63) is 12.8 Å². The van der Waals surface area contributed by atoms with Crippen molar-refractivity contribution in [2.75, 3.05) is 66.6 Å². The smallest absolute Gasteiger partial charge is 0.237 e. The van der Waals surface area contributed by atoms with E-state index in [2.05, 4.69) is 27.0 Å². The number of nitrogens with one attached hydrogen (secondary N) is 2. The van der Waals surface area contributed by atoms with Crippen molar-refractivity contribution in [2.24, 2.45) is 11.7 Å². The third-order valence-corrected chi connectivity index (χ3v) is 9.57. The maximum absolute atomic E-state index is 15.5. The monoisotopic (exact) mass is 584 g/mol. The van der Waals surface area contributed by atoms with Crippen molar-refractivity contribution in [1.29, 1.82) is 0 Å². The van der Waals surface area contributed by atoms with Crippen LogP contribution in [0.1, 0.15) is 52.9 Å². The second-order valence-electron chi connectivity index (χ2n) is 12.0. The molecule has 3 saturated heterocycles. The standard InChI is InChI=1S/C30H55F2N7O2/c1-7-10-26(23(31)8-2)37(6)21(4)27(29(33)36(5)9-3)30(40)35-25-20-34-19-24(32)28(25)39-15-13-38(14-16-39)22-11-17-41-18-12-22/h9,22-29,34H,3,7-8,10-20,33H2,1-2,4-6H3/p+1. The molecule has 7 atom stereocenters. The number of nitrogens with two attached hydrogens (primary N) is 1. The van der Waals surface area contributed by atoms with Crippen LogP contribution in [-0.2, 0) is 9.53 Å². The molecule has 3 heterocycles. The summed E-state index contributed by atoms with van der Waals surface area (Å²) < 4.78 is 38.0. The Morgan fingerprint density at radius 2 is 1.85 bits per heavy atom. The predicted octanol–water partition coefficient (Wildman–Crippen LogP) is 1.57. The van der Waals surface area contributed by atoms with Crippen LogP contribution >= 0.6 is 0 Å². The van der Waals surface area contributed by atoms with Gasteiger partial charge in [-0.2, -0.15) is 0 Å². The predicted molar refractivity (Wildman–Crippen MR) is 161 cm³/mol. The molecule has 236 valence electrons. The number of hydrogen-bond acceptors (Lipinski definition) is 7. The molecule has 11 heteroatoms. The van der Waals surface area contributed by atoms with Crippen LogP contribution in [0.2, 0.25) is 0 Å². The number of halogens is 2. The molecule has 0 aromatic heterocycles. The fourth-order valence-corrected chi connectivity index (χ4v) is 6.83. The second kappa shape index (κ2) is 16.3. The van der Waals surface area contributed by atoms with Gasteiger partial charge in [-0.1, -0.05) is 20.4 Å². The molecule has 0 aromatic rings. The Labute approximate surface area is 246 Å². The van der Waals surface area contributed by atoms with Crippen LogP contribution in [-0.4, -0.2) is 140 Å². The van der Waals surface area contributed by atoms with Crippen molar-refractivity contribution in [3.8, 4) is 0 Å². The molecule has 4 N–H and O–H groups in total. The first-order valence-electron chi connectivity index (χ1n) is 15.7. The zero-order valence-corrected chi connectivity index (χ0v) is 26.0. The van der Waals surface area contributed by atoms with E-state index < -0.39 is 36.5 Å². The average molecular weight is 585 g/mol. The number of amides is 1. The minimum atomic E-state index is -1.11. The molecule has 0 radical (unpaired) electrons. The van der Waals surface area contributed by atoms with Gasteiger partial charge in [-0.25, -0.2) is 13.4 Å². The third-order valence-electron chi connectivity index (χ3n) is 9.57. The quantitative estimate of drug-likeness (QED) is 0.172. The number of rotatable bonds is 13. The first-order chi connectivity index (χ1) is 19.6. The van der Waals surface area contributed by atoms with Crippen LogP contribution in [0, 0.1) is 5.92 Å². The van der Waals surface area contributed by atoms with E-state index in [1.54, 1.807) is 18.1 Å². The molecule has 9 nitrogen and oxygen atoms in total. The van der Waals surface area contributed by atoms with E-state index in [9.17, 15) is 4.79 Å². The summed E-state index contributed by atoms with van der Waals surface area (Å²) in [5, 5.41) is 6.35. The summed E-state index contributed by atoms with van der Waals surface area (Å²) >= 11 is 0. The van der Waals surface area contributed by atoms with E-state index in [1.165, 1.54) is 0 Å². The van der Waals surface area contributed by atoms with E-state index in [0.717, 1.165) is 58.7 Å². The maximum Gasteiger partial charge on any atom is 0.237 e. The fraction of sp³-hybridized carbons (Fsp3) is 0.867. The van der Waals surface area contributed by atoms with Gasteiger partial charge in [0.15, 0.2) is 23.8 Å². The van der Waals surface area contributed by atoms with Crippen LogP contribution in [0.25, 0.3) is 0 Å². The van der Waals surface area contributed by atoms with E-state index in [0.29, 0.717) is 31.1 Å². The van der Waals surface area contributed by atoms with E-state index in [-0.39, 0.29) is 18.5 Å². The van der Waals surface area contributed by atoms with Gasteiger partial charge in [0.1, 0.15) is 13.2 Å². The van der Waals surface area contributed by atoms with Crippen molar-refractivity contribution in [1.82, 2.24) is 25.3 Å². The van der Waals surface area contributed by atoms with Crippen molar-refractivity contribution >= 4 is 11.6 Å². The molecule has 0 bridgehead atoms. The van der Waals surface area contributed by atoms with Crippen LogP contribution in [0.4, 0.5) is 8.78 Å². The summed E-state index contributed by atoms with van der Waals surface area (Å²) in [7, 11) is 3.62. The number of alkyl halides is 2. The molecular formula is C30H56F2N7O2+. The number of ether oxygens (including phenoxy) is 1. The van der Waals surface area contributed by atoms with Crippen molar-refractivity contribution in [2.45, 2.75) is 95.6 Å². The van der Waals surface area contributed by atoms with E-state index in [1.807, 2.05) is 32.4 Å². The van der Waals surface area contributed by atoms with Gasteiger partial charge >= 0.3 is 0 Å². The van der Waals surface area contributed by atoms with Gasteiger partial charge in [-0.15, -0.1) is 0 Å². The lowest BCUT2D eigenvalue weighted by molar-refractivity contribution is -0.550. The lowest BCUT2D eigenvalue weighted by Gasteiger charge is -2.47. The molecule has 1 amide bonds. The van der Waals surface area contributed by atoms with Gasteiger partial charge in [-0.05, 0) is 31.9 Å². The van der Waals surface area contributed by atoms with Crippen molar-refractivity contribution in [3.63, 3.8) is 0 Å². The second-order valence-corrected chi connectivity index (χ2v) is 12.0. The number of piperidine rings is 1. The molecule has 0 saturated carbocycles. The fourth-order valence-electron chi connectivity index (χ4n) is 6.83. The Morgan fingerprint density at radius 1 is 1.22 bits per heavy atom. The first-order valence-corrected chi connectivity index (χ1v) is 15.7. The van der Waals surface area contributed by atoms with E-state index in [4.69, 9.17) is 10.5 Å². The van der Waals surface area contributed by atoms with Gasteiger partial charge in [0, 0.05) is 78.9 Å². The Balaban J connectivity index is 1.80. The van der Waals surface area contributed by atoms with Crippen LogP contribution in [0.3, 0.4) is 0 Å². The summed E-state index contributed by atoms with van der Waals surface area (Å²) in [5.41, 5.74) is 7.32. The van der Waals surface area contributed by atoms with Crippen molar-refractivity contribution < 1.29 is 22.9 Å². The summed E-state index contributed by atoms with van der Waals surface area (Å²) in [6, 6.07) is -0.665. The molecule has 41 heavy (non-hydrogen) atoms. The SMILES string of the molecule is C=CN(C)C(N)C(C(=O)NC1CNCC(F)C1N1CCN(C2CCOCC2)CC1)C(C)=[N+](C)C(CCC)C(F)CC. The normalized spacial score (nSPS) is 28.7. The zero-order chi connectivity index (χ0) is 30.1. The molecule has 3 aliphatic heterocycles. The van der Waals surface area contributed by atoms with Crippen LogP contribution in [0.15, 0.2) is 12.8 Å². The summed E-state index contributed by atoms with van der Waals surface area (Å²) in [6.07, 6.45) is 2.73. The highest BCUT2D eigenvalue weighted by Gasteiger charge is 2.43. The van der Waals surface area contributed by atoms with Gasteiger partial charge in [0.2, 0.25) is 5.91 Å². The largest absolute Gasteiger partial charge is 0.381 e. The molecule has 0 aliphatic carbocycles. The number of carbonyl (C=O) groups excluding carboxylic acids is 1. The van der Waals surface area contributed by atoms with Crippen LogP contribution in [0.5, 0.6) is 0 Å². The van der Waals surface area contributed by atoms with Crippen LogP contribution < -0.4 is 16.4 Å². The van der Waals surface area contributed by atoms with Gasteiger partial charge < -0.3 is 26.0 Å². The Bertz CT molecular complexity index is 864. The molecule has 3 fully saturated rings. The average Bonchev–Trinajstić information content (AvgIpc) is 2.99. The highest BCUT2D eigenvalue weighted by molar-refractivity contribution is 6.01. The summed E-state index contributed by atoms with van der Waals surface area (Å²) in [6.45, 7) is 15.2.